The molecule has 1 aromatic heterocycles. The quantitative estimate of drug-likeness (QED) is 0.871. The number of nitrogens with one attached hydrogen (secondary N) is 1. The first-order valence-corrected chi connectivity index (χ1v) is 6.95. The van der Waals surface area contributed by atoms with Crippen LogP contribution in [0.3, 0.4) is 0 Å². The Balaban J connectivity index is 2.16. The molecule has 1 aromatic carbocycles. The summed E-state index contributed by atoms with van der Waals surface area (Å²) < 4.78 is 13.6. The van der Waals surface area contributed by atoms with Crippen LogP contribution >= 0.6 is 11.6 Å². The largest absolute Gasteiger partial charge is 0.346 e. The predicted octanol–water partition coefficient (Wildman–Crippen LogP) is 3.98. The third kappa shape index (κ3) is 3.79. The third-order valence-corrected chi connectivity index (χ3v) is 3.42. The Bertz CT molecular complexity index is 668. The fourth-order valence-corrected chi connectivity index (χ4v) is 2.25. The molecule has 0 saturated heterocycles. The van der Waals surface area contributed by atoms with Crippen LogP contribution in [0.2, 0.25) is 5.15 Å². The van der Waals surface area contributed by atoms with Gasteiger partial charge in [-0.25, -0.2) is 9.37 Å². The van der Waals surface area contributed by atoms with Crippen molar-refractivity contribution >= 4 is 17.5 Å². The SMILES string of the molecule is Cc1cc(C(=O)NC(C)c2ccc(C)c(F)c2)cc(Cl)n1. The molecule has 5 heteroatoms. The molecule has 0 radical (unpaired) electrons. The number of halogens is 2. The second-order valence-electron chi connectivity index (χ2n) is 5.02. The molecule has 0 spiro atoms. The molecule has 0 aliphatic heterocycles. The highest BCUT2D eigenvalue weighted by Gasteiger charge is 2.13. The molecule has 1 unspecified atom stereocenters. The van der Waals surface area contributed by atoms with Gasteiger partial charge in [-0.1, -0.05) is 23.7 Å². The summed E-state index contributed by atoms with van der Waals surface area (Å²) in [6.45, 7) is 5.27. The van der Waals surface area contributed by atoms with Crippen LogP contribution in [0.15, 0.2) is 30.3 Å². The van der Waals surface area contributed by atoms with Crippen molar-refractivity contribution in [2.75, 3.05) is 0 Å². The number of benzene rings is 1. The molecule has 1 atom stereocenters. The number of pyridine rings is 1. The highest BCUT2D eigenvalue weighted by atomic mass is 35.5. The lowest BCUT2D eigenvalue weighted by Crippen LogP contribution is -2.26. The fraction of sp³-hybridized carbons (Fsp3) is 0.250. The minimum atomic E-state index is -0.306. The van der Waals surface area contributed by atoms with E-state index in [9.17, 15) is 9.18 Å². The highest BCUT2D eigenvalue weighted by Crippen LogP contribution is 2.17. The van der Waals surface area contributed by atoms with Gasteiger partial charge in [-0.15, -0.1) is 0 Å². The van der Waals surface area contributed by atoms with Crippen LogP contribution in [0.25, 0.3) is 0 Å². The summed E-state index contributed by atoms with van der Waals surface area (Å²) in [5.41, 5.74) is 2.39. The van der Waals surface area contributed by atoms with Gasteiger partial charge in [0.05, 0.1) is 6.04 Å². The third-order valence-electron chi connectivity index (χ3n) is 3.23. The number of amides is 1. The molecule has 0 aliphatic rings. The van der Waals surface area contributed by atoms with Crippen molar-refractivity contribution in [1.29, 1.82) is 0 Å². The van der Waals surface area contributed by atoms with Crippen LogP contribution in [0.1, 0.15) is 40.1 Å². The Labute approximate surface area is 128 Å². The van der Waals surface area contributed by atoms with E-state index in [4.69, 9.17) is 11.6 Å². The lowest BCUT2D eigenvalue weighted by Gasteiger charge is -2.15. The number of hydrogen-bond donors (Lipinski definition) is 1. The number of nitrogens with zero attached hydrogens (tertiary/aromatic N) is 1. The molecule has 0 bridgehead atoms. The summed E-state index contributed by atoms with van der Waals surface area (Å²) in [6, 6.07) is 7.79. The molecule has 1 amide bonds. The standard InChI is InChI=1S/C16H16ClFN2O/c1-9-4-5-12(7-14(9)18)11(3)20-16(21)13-6-10(2)19-15(17)8-13/h4-8,11H,1-3H3,(H,20,21). The van der Waals surface area contributed by atoms with Crippen molar-refractivity contribution in [3.05, 3.63) is 63.7 Å². The van der Waals surface area contributed by atoms with Crippen molar-refractivity contribution in [2.24, 2.45) is 0 Å². The first-order chi connectivity index (χ1) is 9.86. The van der Waals surface area contributed by atoms with Gasteiger partial charge in [0, 0.05) is 11.3 Å². The predicted molar refractivity (Wildman–Crippen MR) is 81.0 cm³/mol. The van der Waals surface area contributed by atoms with Gasteiger partial charge in [-0.3, -0.25) is 4.79 Å². The summed E-state index contributed by atoms with van der Waals surface area (Å²) in [5.74, 6) is -0.549. The monoisotopic (exact) mass is 306 g/mol. The lowest BCUT2D eigenvalue weighted by molar-refractivity contribution is 0.0939. The maximum atomic E-state index is 13.6. The van der Waals surface area contributed by atoms with Gasteiger partial charge in [-0.05, 0) is 50.1 Å². The van der Waals surface area contributed by atoms with Crippen LogP contribution in [0.4, 0.5) is 4.39 Å². The average molecular weight is 307 g/mol. The topological polar surface area (TPSA) is 42.0 Å². The normalized spacial score (nSPS) is 12.0. The molecule has 3 nitrogen and oxygen atoms in total. The van der Waals surface area contributed by atoms with Crippen LogP contribution in [0.5, 0.6) is 0 Å². The fourth-order valence-electron chi connectivity index (χ4n) is 2.00. The Hall–Kier alpha value is -1.94. The molecule has 0 fully saturated rings. The maximum absolute atomic E-state index is 13.6. The Kier molecular flexibility index (Phi) is 4.58. The van der Waals surface area contributed by atoms with E-state index in [1.165, 1.54) is 12.1 Å². The first-order valence-electron chi connectivity index (χ1n) is 6.58. The molecule has 1 heterocycles. The van der Waals surface area contributed by atoms with Gasteiger partial charge in [0.15, 0.2) is 0 Å². The van der Waals surface area contributed by atoms with E-state index in [0.717, 1.165) is 0 Å². The zero-order chi connectivity index (χ0) is 15.6. The van der Waals surface area contributed by atoms with Gasteiger partial charge in [0.1, 0.15) is 11.0 Å². The number of aryl methyl sites for hydroxylation is 2. The van der Waals surface area contributed by atoms with Crippen LogP contribution in [-0.4, -0.2) is 10.9 Å². The molecule has 21 heavy (non-hydrogen) atoms. The van der Waals surface area contributed by atoms with Gasteiger partial charge in [0.25, 0.3) is 5.91 Å². The number of carbonyl (C=O) groups is 1. The van der Waals surface area contributed by atoms with E-state index in [1.54, 1.807) is 39.0 Å². The zero-order valence-corrected chi connectivity index (χ0v) is 12.8. The highest BCUT2D eigenvalue weighted by molar-refractivity contribution is 6.29. The Morgan fingerprint density at radius 2 is 2.00 bits per heavy atom. The Morgan fingerprint density at radius 1 is 1.29 bits per heavy atom. The van der Waals surface area contributed by atoms with Gasteiger partial charge < -0.3 is 5.32 Å². The van der Waals surface area contributed by atoms with Gasteiger partial charge in [0.2, 0.25) is 0 Å². The molecule has 2 aromatic rings. The second kappa shape index (κ2) is 6.22. The van der Waals surface area contributed by atoms with E-state index < -0.39 is 0 Å². The van der Waals surface area contributed by atoms with Crippen LogP contribution in [-0.2, 0) is 0 Å². The number of hydrogen-bond acceptors (Lipinski definition) is 2. The molecular formula is C16H16ClFN2O. The summed E-state index contributed by atoms with van der Waals surface area (Å²) >= 11 is 5.85. The van der Waals surface area contributed by atoms with E-state index in [2.05, 4.69) is 10.3 Å². The molecule has 0 aliphatic carbocycles. The lowest BCUT2D eigenvalue weighted by atomic mass is 10.1. The maximum Gasteiger partial charge on any atom is 0.251 e. The van der Waals surface area contributed by atoms with Crippen molar-refractivity contribution in [1.82, 2.24) is 10.3 Å². The van der Waals surface area contributed by atoms with Crippen molar-refractivity contribution < 1.29 is 9.18 Å². The molecule has 1 N–H and O–H groups in total. The van der Waals surface area contributed by atoms with Crippen LogP contribution < -0.4 is 5.32 Å². The van der Waals surface area contributed by atoms with Crippen LogP contribution in [0, 0.1) is 19.7 Å². The Morgan fingerprint density at radius 3 is 2.62 bits per heavy atom. The molecule has 0 saturated carbocycles. The van der Waals surface area contributed by atoms with Crippen molar-refractivity contribution in [3.63, 3.8) is 0 Å². The van der Waals surface area contributed by atoms with Gasteiger partial charge >= 0.3 is 0 Å². The minimum Gasteiger partial charge on any atom is -0.346 e. The summed E-state index contributed by atoms with van der Waals surface area (Å²) in [6.07, 6.45) is 0. The summed E-state index contributed by atoms with van der Waals surface area (Å²) in [4.78, 5) is 16.2. The molecular weight excluding hydrogens is 291 g/mol. The van der Waals surface area contributed by atoms with E-state index in [0.29, 0.717) is 22.4 Å². The number of aromatic nitrogens is 1. The number of carbonyl (C=O) groups excluding carboxylic acids is 1. The van der Waals surface area contributed by atoms with E-state index in [-0.39, 0.29) is 22.9 Å². The van der Waals surface area contributed by atoms with Gasteiger partial charge in [-0.2, -0.15) is 0 Å². The minimum absolute atomic E-state index is 0.268. The summed E-state index contributed by atoms with van der Waals surface area (Å²) in [7, 11) is 0. The van der Waals surface area contributed by atoms with E-state index in [1.807, 2.05) is 0 Å². The average Bonchev–Trinajstić information content (AvgIpc) is 2.40. The summed E-state index contributed by atoms with van der Waals surface area (Å²) in [5, 5.41) is 3.09. The zero-order valence-electron chi connectivity index (χ0n) is 12.1. The molecule has 2 rings (SSSR count). The van der Waals surface area contributed by atoms with Crippen molar-refractivity contribution in [3.8, 4) is 0 Å². The molecule has 110 valence electrons. The number of rotatable bonds is 3. The smallest absolute Gasteiger partial charge is 0.251 e. The second-order valence-corrected chi connectivity index (χ2v) is 5.41. The first kappa shape index (κ1) is 15.4. The van der Waals surface area contributed by atoms with Crippen molar-refractivity contribution in [2.45, 2.75) is 26.8 Å². The van der Waals surface area contributed by atoms with E-state index >= 15 is 0 Å².